The zero-order valence-corrected chi connectivity index (χ0v) is 11.1. The summed E-state index contributed by atoms with van der Waals surface area (Å²) < 4.78 is 22.6. The Bertz CT molecular complexity index is 619. The second-order valence-electron chi connectivity index (χ2n) is 3.73. The highest BCUT2D eigenvalue weighted by molar-refractivity contribution is 7.91. The lowest BCUT2D eigenvalue weighted by molar-refractivity contribution is -0.384. The van der Waals surface area contributed by atoms with Gasteiger partial charge in [-0.15, -0.1) is 0 Å². The third kappa shape index (κ3) is 3.93. The summed E-state index contributed by atoms with van der Waals surface area (Å²) in [6.45, 7) is 1.60. The summed E-state index contributed by atoms with van der Waals surface area (Å²) in [4.78, 5) is 10.3. The topological polar surface area (TPSA) is 113 Å². The van der Waals surface area contributed by atoms with Gasteiger partial charge in [-0.2, -0.15) is 5.26 Å². The molecular weight excluding hydrogens is 270 g/mol. The van der Waals surface area contributed by atoms with Crippen molar-refractivity contribution >= 4 is 21.2 Å². The molecule has 0 aliphatic rings. The van der Waals surface area contributed by atoms with E-state index in [9.17, 15) is 18.5 Å². The largest absolute Gasteiger partial charge is 0.378 e. The lowest BCUT2D eigenvalue weighted by Gasteiger charge is -2.07. The average Bonchev–Trinajstić information content (AvgIpc) is 2.37. The van der Waals surface area contributed by atoms with Crippen molar-refractivity contribution in [1.29, 1.82) is 5.26 Å². The van der Waals surface area contributed by atoms with Gasteiger partial charge in [0.25, 0.3) is 0 Å². The summed E-state index contributed by atoms with van der Waals surface area (Å²) in [6.07, 6.45) is 0. The van der Waals surface area contributed by atoms with Crippen molar-refractivity contribution in [2.75, 3.05) is 23.4 Å². The van der Waals surface area contributed by atoms with Gasteiger partial charge < -0.3 is 5.32 Å². The normalized spacial score (nSPS) is 10.7. The molecule has 8 heteroatoms. The smallest absolute Gasteiger partial charge is 0.309 e. The zero-order valence-electron chi connectivity index (χ0n) is 10.3. The Morgan fingerprint density at radius 2 is 2.16 bits per heavy atom. The van der Waals surface area contributed by atoms with E-state index in [0.717, 1.165) is 0 Å². The van der Waals surface area contributed by atoms with Crippen LogP contribution in [-0.4, -0.2) is 31.4 Å². The van der Waals surface area contributed by atoms with Crippen LogP contribution in [0.15, 0.2) is 18.2 Å². The average molecular weight is 283 g/mol. The number of benzene rings is 1. The number of nitro benzene ring substituents is 1. The summed E-state index contributed by atoms with van der Waals surface area (Å²) in [6, 6.07) is 6.02. The molecule has 0 aromatic heterocycles. The quantitative estimate of drug-likeness (QED) is 0.622. The van der Waals surface area contributed by atoms with Gasteiger partial charge in [0.1, 0.15) is 17.3 Å². The Hall–Kier alpha value is -2.14. The predicted molar refractivity (Wildman–Crippen MR) is 70.6 cm³/mol. The maximum Gasteiger partial charge on any atom is 0.309 e. The molecule has 0 amide bonds. The fourth-order valence-electron chi connectivity index (χ4n) is 1.46. The number of para-hydroxylation sites is 1. The van der Waals surface area contributed by atoms with Gasteiger partial charge in [0.05, 0.1) is 10.7 Å². The Kier molecular flexibility index (Phi) is 4.83. The molecule has 7 nitrogen and oxygen atoms in total. The van der Waals surface area contributed by atoms with E-state index in [1.165, 1.54) is 25.1 Å². The zero-order chi connectivity index (χ0) is 14.5. The SMILES string of the molecule is CCS(=O)(=O)CCNc1cccc(C#N)c1[N+](=O)[O-]. The number of hydrogen-bond acceptors (Lipinski definition) is 6. The fraction of sp³-hybridized carbons (Fsp3) is 0.364. The van der Waals surface area contributed by atoms with Crippen LogP contribution < -0.4 is 5.32 Å². The molecule has 0 atom stereocenters. The fourth-order valence-corrected chi connectivity index (χ4v) is 2.16. The Labute approximate surface area is 110 Å². The van der Waals surface area contributed by atoms with Crippen LogP contribution >= 0.6 is 0 Å². The molecule has 0 saturated carbocycles. The van der Waals surface area contributed by atoms with Gasteiger partial charge in [0.15, 0.2) is 9.84 Å². The first-order valence-corrected chi connectivity index (χ1v) is 7.35. The first-order valence-electron chi connectivity index (χ1n) is 5.53. The number of nitriles is 1. The maximum absolute atomic E-state index is 11.3. The van der Waals surface area contributed by atoms with Crippen molar-refractivity contribution in [2.24, 2.45) is 0 Å². The number of nitrogens with zero attached hydrogens (tertiary/aromatic N) is 2. The highest BCUT2D eigenvalue weighted by Crippen LogP contribution is 2.27. The molecule has 0 fully saturated rings. The lowest BCUT2D eigenvalue weighted by Crippen LogP contribution is -2.17. The first kappa shape index (κ1) is 14.9. The van der Waals surface area contributed by atoms with Gasteiger partial charge in [-0.1, -0.05) is 13.0 Å². The molecule has 1 aromatic carbocycles. The highest BCUT2D eigenvalue weighted by atomic mass is 32.2. The summed E-state index contributed by atoms with van der Waals surface area (Å²) in [5.41, 5.74) is -0.248. The Morgan fingerprint density at radius 1 is 1.47 bits per heavy atom. The highest BCUT2D eigenvalue weighted by Gasteiger charge is 2.19. The standard InChI is InChI=1S/C11H13N3O4S/c1-2-19(17,18)7-6-13-10-5-3-4-9(8-12)11(10)14(15)16/h3-5,13H,2,6-7H2,1H3. The minimum atomic E-state index is -3.14. The molecule has 0 heterocycles. The van der Waals surface area contributed by atoms with Crippen LogP contribution in [0.25, 0.3) is 0 Å². The van der Waals surface area contributed by atoms with Crippen LogP contribution in [0.2, 0.25) is 0 Å². The van der Waals surface area contributed by atoms with Crippen molar-refractivity contribution in [3.8, 4) is 6.07 Å². The molecule has 0 aliphatic carbocycles. The van der Waals surface area contributed by atoms with E-state index in [0.29, 0.717) is 0 Å². The van der Waals surface area contributed by atoms with Crippen molar-refractivity contribution in [3.63, 3.8) is 0 Å². The van der Waals surface area contributed by atoms with E-state index >= 15 is 0 Å². The van der Waals surface area contributed by atoms with Gasteiger partial charge in [0, 0.05) is 12.3 Å². The maximum atomic E-state index is 11.3. The van der Waals surface area contributed by atoms with E-state index in [2.05, 4.69) is 5.32 Å². The molecule has 102 valence electrons. The number of anilines is 1. The second-order valence-corrected chi connectivity index (χ2v) is 6.21. The molecule has 19 heavy (non-hydrogen) atoms. The summed E-state index contributed by atoms with van der Waals surface area (Å²) in [5.74, 6) is -0.0908. The van der Waals surface area contributed by atoms with Crippen LogP contribution in [0.4, 0.5) is 11.4 Å². The number of sulfone groups is 1. The van der Waals surface area contributed by atoms with Gasteiger partial charge >= 0.3 is 5.69 Å². The van der Waals surface area contributed by atoms with Gasteiger partial charge in [0.2, 0.25) is 0 Å². The van der Waals surface area contributed by atoms with Crippen LogP contribution in [0.1, 0.15) is 12.5 Å². The summed E-state index contributed by atoms with van der Waals surface area (Å²) in [7, 11) is -3.14. The van der Waals surface area contributed by atoms with Gasteiger partial charge in [-0.05, 0) is 12.1 Å². The third-order valence-corrected chi connectivity index (χ3v) is 4.21. The molecule has 1 aromatic rings. The van der Waals surface area contributed by atoms with Crippen molar-refractivity contribution in [3.05, 3.63) is 33.9 Å². The molecule has 0 saturated heterocycles. The molecule has 0 aliphatic heterocycles. The summed E-state index contributed by atoms with van der Waals surface area (Å²) >= 11 is 0. The van der Waals surface area contributed by atoms with Crippen LogP contribution in [0.3, 0.4) is 0 Å². The molecule has 1 rings (SSSR count). The Balaban J connectivity index is 2.91. The molecule has 0 bridgehead atoms. The predicted octanol–water partition coefficient (Wildman–Crippen LogP) is 1.31. The monoisotopic (exact) mass is 283 g/mol. The summed E-state index contributed by atoms with van der Waals surface area (Å²) in [5, 5.41) is 22.4. The third-order valence-electron chi connectivity index (χ3n) is 2.51. The minimum absolute atomic E-state index is 0.0228. The van der Waals surface area contributed by atoms with E-state index in [1.54, 1.807) is 6.07 Å². The van der Waals surface area contributed by atoms with Crippen molar-refractivity contribution in [1.82, 2.24) is 0 Å². The van der Waals surface area contributed by atoms with Crippen LogP contribution in [0, 0.1) is 21.4 Å². The van der Waals surface area contributed by atoms with Crippen LogP contribution in [-0.2, 0) is 9.84 Å². The van der Waals surface area contributed by atoms with E-state index in [4.69, 9.17) is 5.26 Å². The number of rotatable bonds is 6. The van der Waals surface area contributed by atoms with E-state index in [1.807, 2.05) is 0 Å². The van der Waals surface area contributed by atoms with Gasteiger partial charge in [-0.25, -0.2) is 8.42 Å². The minimum Gasteiger partial charge on any atom is -0.378 e. The number of nitrogens with one attached hydrogen (secondary N) is 1. The first-order chi connectivity index (χ1) is 8.91. The number of nitro groups is 1. The molecular formula is C11H13N3O4S. The van der Waals surface area contributed by atoms with Crippen LogP contribution in [0.5, 0.6) is 0 Å². The molecule has 1 N–H and O–H groups in total. The Morgan fingerprint density at radius 3 is 2.68 bits per heavy atom. The van der Waals surface area contributed by atoms with Gasteiger partial charge in [-0.3, -0.25) is 10.1 Å². The second kappa shape index (κ2) is 6.15. The molecule has 0 unspecified atom stereocenters. The van der Waals surface area contributed by atoms with Crippen molar-refractivity contribution in [2.45, 2.75) is 6.92 Å². The molecule has 0 radical (unpaired) electrons. The molecule has 0 spiro atoms. The van der Waals surface area contributed by atoms with E-state index < -0.39 is 14.8 Å². The van der Waals surface area contributed by atoms with Crippen molar-refractivity contribution < 1.29 is 13.3 Å². The van der Waals surface area contributed by atoms with E-state index in [-0.39, 0.29) is 35.0 Å². The lowest BCUT2D eigenvalue weighted by atomic mass is 10.1. The number of hydrogen-bond donors (Lipinski definition) is 1.